The van der Waals surface area contributed by atoms with Crippen LogP contribution in [0, 0.1) is 5.92 Å². The third kappa shape index (κ3) is 5.48. The first-order chi connectivity index (χ1) is 17.2. The van der Waals surface area contributed by atoms with Gasteiger partial charge in [0.2, 0.25) is 0 Å². The zero-order valence-electron chi connectivity index (χ0n) is 21.3. The smallest absolute Gasteiger partial charge is 0.160 e. The van der Waals surface area contributed by atoms with E-state index >= 15 is 0 Å². The van der Waals surface area contributed by atoms with Crippen molar-refractivity contribution in [3.8, 4) is 0 Å². The summed E-state index contributed by atoms with van der Waals surface area (Å²) in [4.78, 5) is 13.4. The van der Waals surface area contributed by atoms with Gasteiger partial charge in [0, 0.05) is 17.6 Å². The lowest BCUT2D eigenvalue weighted by Crippen LogP contribution is -2.33. The molecule has 2 N–H and O–H groups in total. The van der Waals surface area contributed by atoms with E-state index in [2.05, 4.69) is 58.0 Å². The highest BCUT2D eigenvalue weighted by atomic mass is 35.5. The van der Waals surface area contributed by atoms with Crippen LogP contribution in [-0.2, 0) is 11.2 Å². The van der Waals surface area contributed by atoms with E-state index in [9.17, 15) is 5.11 Å². The molecule has 4 aromatic rings. The lowest BCUT2D eigenvalue weighted by molar-refractivity contribution is -0.210. The number of nitrogens with zero attached hydrogens (tertiary/aromatic N) is 4. The van der Waals surface area contributed by atoms with Gasteiger partial charge in [-0.1, -0.05) is 23.7 Å². The van der Waals surface area contributed by atoms with Gasteiger partial charge in [-0.15, -0.1) is 0 Å². The predicted octanol–water partition coefficient (Wildman–Crippen LogP) is 6.15. The fraction of sp³-hybridized carbons (Fsp3) is 0.464. The van der Waals surface area contributed by atoms with Crippen LogP contribution >= 0.6 is 11.6 Å². The van der Waals surface area contributed by atoms with Crippen molar-refractivity contribution in [2.24, 2.45) is 5.92 Å². The van der Waals surface area contributed by atoms with Crippen molar-refractivity contribution in [2.75, 3.05) is 5.32 Å². The van der Waals surface area contributed by atoms with Crippen molar-refractivity contribution < 1.29 is 9.84 Å². The number of pyridine rings is 1. The summed E-state index contributed by atoms with van der Waals surface area (Å²) < 4.78 is 8.28. The zero-order valence-corrected chi connectivity index (χ0v) is 22.0. The first kappa shape index (κ1) is 24.9. The molecule has 0 bridgehead atoms. The number of aromatic nitrogens is 4. The third-order valence-corrected chi connectivity index (χ3v) is 7.16. The Kier molecular flexibility index (Phi) is 6.90. The van der Waals surface area contributed by atoms with Crippen molar-refractivity contribution in [3.05, 3.63) is 59.6 Å². The molecular weight excluding hydrogens is 474 g/mol. The van der Waals surface area contributed by atoms with Crippen molar-refractivity contribution in [1.29, 1.82) is 0 Å². The Balaban J connectivity index is 1.34. The molecule has 0 saturated heterocycles. The summed E-state index contributed by atoms with van der Waals surface area (Å²) >= 11 is 6.30. The standard InChI is InChI=1S/C28H34ClN5O2/c1-17(2)32-25-10-9-20-8-7-18(13-22(20)33-25)5-6-19-14-23(24(15-19)36-28(3,4)35)34-12-11-21-26(29)30-16-31-27(21)34/h7-13,16-17,19,23-24,35H,5-6,14-15H2,1-4H3,(H,32,33). The maximum absolute atomic E-state index is 10.4. The van der Waals surface area contributed by atoms with Crippen molar-refractivity contribution in [1.82, 2.24) is 19.5 Å². The van der Waals surface area contributed by atoms with Crippen LogP contribution < -0.4 is 5.32 Å². The Morgan fingerprint density at radius 3 is 2.75 bits per heavy atom. The van der Waals surface area contributed by atoms with Gasteiger partial charge < -0.3 is 19.7 Å². The summed E-state index contributed by atoms with van der Waals surface area (Å²) in [6.07, 6.45) is 7.20. The van der Waals surface area contributed by atoms with Gasteiger partial charge in [-0.2, -0.15) is 0 Å². The van der Waals surface area contributed by atoms with Crippen molar-refractivity contribution in [3.63, 3.8) is 0 Å². The molecule has 0 aliphatic heterocycles. The van der Waals surface area contributed by atoms with Gasteiger partial charge in [0.05, 0.1) is 23.0 Å². The molecule has 1 saturated carbocycles. The van der Waals surface area contributed by atoms with E-state index in [1.807, 2.05) is 18.3 Å². The van der Waals surface area contributed by atoms with Gasteiger partial charge in [0.15, 0.2) is 5.79 Å². The minimum absolute atomic E-state index is 0.0628. The van der Waals surface area contributed by atoms with Gasteiger partial charge in [-0.05, 0) is 89.1 Å². The van der Waals surface area contributed by atoms with Crippen LogP contribution in [0.25, 0.3) is 21.9 Å². The number of hydrogen-bond donors (Lipinski definition) is 2. The van der Waals surface area contributed by atoms with Crippen LogP contribution in [0.15, 0.2) is 48.9 Å². The molecular formula is C28H34ClN5O2. The van der Waals surface area contributed by atoms with Gasteiger partial charge in [-0.25, -0.2) is 15.0 Å². The molecule has 190 valence electrons. The van der Waals surface area contributed by atoms with Crippen LogP contribution in [0.5, 0.6) is 0 Å². The minimum atomic E-state index is -1.21. The maximum atomic E-state index is 10.4. The van der Waals surface area contributed by atoms with Crippen LogP contribution in [0.4, 0.5) is 5.82 Å². The van der Waals surface area contributed by atoms with Crippen LogP contribution in [0.1, 0.15) is 58.6 Å². The molecule has 5 rings (SSSR count). The van der Waals surface area contributed by atoms with E-state index in [1.54, 1.807) is 13.8 Å². The van der Waals surface area contributed by atoms with Crippen molar-refractivity contribution in [2.45, 2.75) is 77.4 Å². The highest BCUT2D eigenvalue weighted by Crippen LogP contribution is 2.42. The van der Waals surface area contributed by atoms with E-state index < -0.39 is 5.79 Å². The van der Waals surface area contributed by atoms with E-state index in [4.69, 9.17) is 21.3 Å². The minimum Gasteiger partial charge on any atom is -0.368 e. The summed E-state index contributed by atoms with van der Waals surface area (Å²) in [5, 5.41) is 16.2. The number of halogens is 1. The van der Waals surface area contributed by atoms with Gasteiger partial charge in [0.25, 0.3) is 0 Å². The molecule has 3 unspecified atom stereocenters. The number of hydrogen-bond acceptors (Lipinski definition) is 6. The fourth-order valence-corrected chi connectivity index (χ4v) is 5.56. The molecule has 3 heterocycles. The van der Waals surface area contributed by atoms with E-state index in [0.29, 0.717) is 17.1 Å². The number of nitrogens with one attached hydrogen (secondary N) is 1. The molecule has 7 nitrogen and oxygen atoms in total. The van der Waals surface area contributed by atoms with Crippen LogP contribution in [0.3, 0.4) is 0 Å². The van der Waals surface area contributed by atoms with Crippen molar-refractivity contribution >= 4 is 39.4 Å². The first-order valence-corrected chi connectivity index (χ1v) is 13.1. The summed E-state index contributed by atoms with van der Waals surface area (Å²) in [5.41, 5.74) is 3.10. The lowest BCUT2D eigenvalue weighted by Gasteiger charge is -2.28. The Labute approximate surface area is 216 Å². The number of aryl methyl sites for hydroxylation is 1. The molecule has 1 fully saturated rings. The number of anilines is 1. The zero-order chi connectivity index (χ0) is 25.4. The molecule has 1 aliphatic carbocycles. The number of fused-ring (bicyclic) bond motifs is 2. The average molecular weight is 508 g/mol. The monoisotopic (exact) mass is 507 g/mol. The summed E-state index contributed by atoms with van der Waals surface area (Å²) in [6.45, 7) is 7.61. The van der Waals surface area contributed by atoms with Crippen LogP contribution in [0.2, 0.25) is 5.15 Å². The van der Waals surface area contributed by atoms with Crippen LogP contribution in [-0.4, -0.2) is 42.6 Å². The second kappa shape index (κ2) is 9.96. The number of rotatable bonds is 8. The summed E-state index contributed by atoms with van der Waals surface area (Å²) in [6, 6.07) is 13.1. The second-order valence-corrected chi connectivity index (χ2v) is 11.1. The van der Waals surface area contributed by atoms with E-state index in [-0.39, 0.29) is 12.1 Å². The Hall–Kier alpha value is -2.74. The third-order valence-electron chi connectivity index (χ3n) is 6.86. The second-order valence-electron chi connectivity index (χ2n) is 10.7. The van der Waals surface area contributed by atoms with Gasteiger partial charge in [-0.3, -0.25) is 0 Å². The Morgan fingerprint density at radius 2 is 1.97 bits per heavy atom. The SMILES string of the molecule is CC(C)Nc1ccc2ccc(CCC3CC(OC(C)(C)O)C(n4ccc5c(Cl)ncnc54)C3)cc2n1. The molecule has 36 heavy (non-hydrogen) atoms. The summed E-state index contributed by atoms with van der Waals surface area (Å²) in [5.74, 6) is 0.150. The number of aliphatic hydroxyl groups is 1. The molecule has 0 spiro atoms. The highest BCUT2D eigenvalue weighted by Gasteiger charge is 2.39. The van der Waals surface area contributed by atoms with Gasteiger partial charge in [0.1, 0.15) is 22.9 Å². The Morgan fingerprint density at radius 1 is 1.17 bits per heavy atom. The average Bonchev–Trinajstić information content (AvgIpc) is 3.40. The van der Waals surface area contributed by atoms with E-state index in [1.165, 1.54) is 11.9 Å². The molecule has 1 aliphatic rings. The first-order valence-electron chi connectivity index (χ1n) is 12.7. The number of ether oxygens (including phenoxy) is 1. The summed E-state index contributed by atoms with van der Waals surface area (Å²) in [7, 11) is 0. The highest BCUT2D eigenvalue weighted by molar-refractivity contribution is 6.33. The molecule has 0 radical (unpaired) electrons. The topological polar surface area (TPSA) is 85.1 Å². The van der Waals surface area contributed by atoms with Gasteiger partial charge >= 0.3 is 0 Å². The molecule has 1 aromatic carbocycles. The Bertz CT molecular complexity index is 1360. The normalized spacial score (nSPS) is 20.6. The molecule has 3 atom stereocenters. The lowest BCUT2D eigenvalue weighted by atomic mass is 9.97. The molecule has 8 heteroatoms. The maximum Gasteiger partial charge on any atom is 0.160 e. The number of benzene rings is 1. The quantitative estimate of drug-likeness (QED) is 0.220. The predicted molar refractivity (Wildman–Crippen MR) is 144 cm³/mol. The molecule has 0 amide bonds. The molecule has 3 aromatic heterocycles. The fourth-order valence-electron chi connectivity index (χ4n) is 5.37. The van der Waals surface area contributed by atoms with E-state index in [0.717, 1.165) is 53.4 Å². The largest absolute Gasteiger partial charge is 0.368 e.